The zero-order valence-electron chi connectivity index (χ0n) is 11.9. The van der Waals surface area contributed by atoms with Gasteiger partial charge in [0.05, 0.1) is 6.61 Å². The lowest BCUT2D eigenvalue weighted by atomic mass is 10.3. The van der Waals surface area contributed by atoms with Gasteiger partial charge in [-0.15, -0.1) is 0 Å². The standard InChI is InChI=1S/C15H16N2O4S/c16-15(11-4-7-22-9-11)17-21-6-1-5-18-12-2-3-13-14(8-12)20-10-19-13/h2-4,7-9H,1,5-6,10H2,(H2,16,17). The summed E-state index contributed by atoms with van der Waals surface area (Å²) in [6.45, 7) is 1.22. The van der Waals surface area contributed by atoms with Crippen LogP contribution in [0.15, 0.2) is 40.2 Å². The highest BCUT2D eigenvalue weighted by atomic mass is 32.1. The minimum absolute atomic E-state index is 0.260. The van der Waals surface area contributed by atoms with Gasteiger partial charge in [0.2, 0.25) is 6.79 Å². The maximum absolute atomic E-state index is 5.77. The van der Waals surface area contributed by atoms with Gasteiger partial charge in [-0.1, -0.05) is 5.16 Å². The molecule has 1 aliphatic heterocycles. The molecule has 22 heavy (non-hydrogen) atoms. The van der Waals surface area contributed by atoms with Gasteiger partial charge in [0.25, 0.3) is 0 Å². The number of amidine groups is 1. The van der Waals surface area contributed by atoms with E-state index in [1.165, 1.54) is 0 Å². The van der Waals surface area contributed by atoms with Gasteiger partial charge in [-0.2, -0.15) is 11.3 Å². The molecule has 2 heterocycles. The van der Waals surface area contributed by atoms with Gasteiger partial charge in [-0.25, -0.2) is 0 Å². The van der Waals surface area contributed by atoms with Crippen molar-refractivity contribution in [2.75, 3.05) is 20.0 Å². The van der Waals surface area contributed by atoms with Crippen molar-refractivity contribution in [1.82, 2.24) is 0 Å². The Bertz CT molecular complexity index is 643. The van der Waals surface area contributed by atoms with Gasteiger partial charge in [-0.05, 0) is 23.6 Å². The van der Waals surface area contributed by atoms with E-state index in [1.54, 1.807) is 11.3 Å². The minimum Gasteiger partial charge on any atom is -0.493 e. The van der Waals surface area contributed by atoms with Crippen molar-refractivity contribution in [3.63, 3.8) is 0 Å². The zero-order valence-corrected chi connectivity index (χ0v) is 12.7. The molecule has 1 aromatic carbocycles. The van der Waals surface area contributed by atoms with Gasteiger partial charge in [-0.3, -0.25) is 0 Å². The van der Waals surface area contributed by atoms with Crippen LogP contribution in [0.1, 0.15) is 12.0 Å². The average molecular weight is 320 g/mol. The molecule has 2 N–H and O–H groups in total. The molecule has 3 rings (SSSR count). The lowest BCUT2D eigenvalue weighted by Gasteiger charge is -2.06. The van der Waals surface area contributed by atoms with Gasteiger partial charge < -0.3 is 24.8 Å². The second-order valence-corrected chi connectivity index (χ2v) is 5.32. The molecule has 0 saturated heterocycles. The normalized spacial score (nSPS) is 13.2. The van der Waals surface area contributed by atoms with Crippen LogP contribution in [-0.4, -0.2) is 25.8 Å². The molecular weight excluding hydrogens is 304 g/mol. The Morgan fingerprint density at radius 3 is 3.00 bits per heavy atom. The molecule has 0 amide bonds. The second-order valence-electron chi connectivity index (χ2n) is 4.54. The number of hydrogen-bond acceptors (Lipinski definition) is 6. The molecule has 0 saturated carbocycles. The van der Waals surface area contributed by atoms with E-state index in [-0.39, 0.29) is 6.79 Å². The second kappa shape index (κ2) is 7.04. The number of thiophene rings is 1. The number of fused-ring (bicyclic) bond motifs is 1. The average Bonchev–Trinajstić information content (AvgIpc) is 3.20. The van der Waals surface area contributed by atoms with Crippen molar-refractivity contribution >= 4 is 17.2 Å². The van der Waals surface area contributed by atoms with E-state index in [0.29, 0.717) is 31.2 Å². The molecule has 116 valence electrons. The first-order valence-electron chi connectivity index (χ1n) is 6.83. The van der Waals surface area contributed by atoms with Crippen molar-refractivity contribution in [1.29, 1.82) is 0 Å². The quantitative estimate of drug-likeness (QED) is 0.367. The number of ether oxygens (including phenoxy) is 3. The van der Waals surface area contributed by atoms with Crippen molar-refractivity contribution in [3.05, 3.63) is 40.6 Å². The Labute approximate surface area is 132 Å². The lowest BCUT2D eigenvalue weighted by molar-refractivity contribution is 0.127. The highest BCUT2D eigenvalue weighted by molar-refractivity contribution is 7.08. The van der Waals surface area contributed by atoms with Crippen LogP contribution in [0.2, 0.25) is 0 Å². The van der Waals surface area contributed by atoms with Gasteiger partial charge in [0, 0.05) is 23.4 Å². The summed E-state index contributed by atoms with van der Waals surface area (Å²) in [5.41, 5.74) is 6.65. The number of oxime groups is 1. The third-order valence-electron chi connectivity index (χ3n) is 2.97. The van der Waals surface area contributed by atoms with Crippen LogP contribution >= 0.6 is 11.3 Å². The highest BCUT2D eigenvalue weighted by Crippen LogP contribution is 2.35. The minimum atomic E-state index is 0.260. The molecule has 0 aliphatic carbocycles. The van der Waals surface area contributed by atoms with E-state index >= 15 is 0 Å². The fourth-order valence-corrected chi connectivity index (χ4v) is 2.51. The summed E-state index contributed by atoms with van der Waals surface area (Å²) < 4.78 is 16.1. The number of nitrogens with two attached hydrogens (primary N) is 1. The van der Waals surface area contributed by atoms with E-state index in [2.05, 4.69) is 5.16 Å². The maximum atomic E-state index is 5.77. The van der Waals surface area contributed by atoms with Crippen LogP contribution in [0, 0.1) is 0 Å². The van der Waals surface area contributed by atoms with Crippen LogP contribution in [0.5, 0.6) is 17.2 Å². The van der Waals surface area contributed by atoms with Crippen LogP contribution < -0.4 is 19.9 Å². The third-order valence-corrected chi connectivity index (χ3v) is 3.66. The first-order valence-corrected chi connectivity index (χ1v) is 7.77. The fraction of sp³-hybridized carbons (Fsp3) is 0.267. The Kier molecular flexibility index (Phi) is 4.65. The summed E-state index contributed by atoms with van der Waals surface area (Å²) in [4.78, 5) is 5.17. The maximum Gasteiger partial charge on any atom is 0.231 e. The predicted octanol–water partition coefficient (Wildman–Crippen LogP) is 2.58. The van der Waals surface area contributed by atoms with Crippen molar-refractivity contribution in [2.24, 2.45) is 10.9 Å². The Hall–Kier alpha value is -2.41. The Balaban J connectivity index is 1.36. The number of rotatable bonds is 7. The van der Waals surface area contributed by atoms with Crippen molar-refractivity contribution in [3.8, 4) is 17.2 Å². The lowest BCUT2D eigenvalue weighted by Crippen LogP contribution is -2.13. The molecule has 7 heteroatoms. The van der Waals surface area contributed by atoms with Crippen LogP contribution in [0.4, 0.5) is 0 Å². The highest BCUT2D eigenvalue weighted by Gasteiger charge is 2.13. The van der Waals surface area contributed by atoms with Gasteiger partial charge in [0.15, 0.2) is 17.3 Å². The molecule has 1 aliphatic rings. The Morgan fingerprint density at radius 2 is 2.14 bits per heavy atom. The molecule has 0 radical (unpaired) electrons. The van der Waals surface area contributed by atoms with E-state index in [1.807, 2.05) is 35.0 Å². The molecule has 0 bridgehead atoms. The van der Waals surface area contributed by atoms with Crippen molar-refractivity contribution in [2.45, 2.75) is 6.42 Å². The summed E-state index contributed by atoms with van der Waals surface area (Å²) >= 11 is 1.57. The summed E-state index contributed by atoms with van der Waals surface area (Å²) in [6, 6.07) is 7.40. The van der Waals surface area contributed by atoms with Crippen LogP contribution in [0.25, 0.3) is 0 Å². The third kappa shape index (κ3) is 3.62. The fourth-order valence-electron chi connectivity index (χ4n) is 1.86. The van der Waals surface area contributed by atoms with E-state index in [4.69, 9.17) is 24.8 Å². The molecule has 2 aromatic rings. The SMILES string of the molecule is N/C(=N\OCCCOc1ccc2c(c1)OCO2)c1ccsc1. The molecule has 0 atom stereocenters. The summed E-state index contributed by atoms with van der Waals surface area (Å²) in [7, 11) is 0. The van der Waals surface area contributed by atoms with E-state index < -0.39 is 0 Å². The van der Waals surface area contributed by atoms with E-state index in [0.717, 1.165) is 17.1 Å². The van der Waals surface area contributed by atoms with Crippen LogP contribution in [0.3, 0.4) is 0 Å². The molecular formula is C15H16N2O4S. The molecule has 1 aromatic heterocycles. The first kappa shape index (κ1) is 14.5. The van der Waals surface area contributed by atoms with E-state index in [9.17, 15) is 0 Å². The molecule has 0 spiro atoms. The monoisotopic (exact) mass is 320 g/mol. The summed E-state index contributed by atoms with van der Waals surface area (Å²) in [6.07, 6.45) is 0.703. The Morgan fingerprint density at radius 1 is 1.23 bits per heavy atom. The first-order chi connectivity index (χ1) is 10.8. The zero-order chi connectivity index (χ0) is 15.2. The van der Waals surface area contributed by atoms with Gasteiger partial charge >= 0.3 is 0 Å². The summed E-state index contributed by atoms with van der Waals surface area (Å²) in [5.74, 6) is 2.58. The number of hydrogen-bond donors (Lipinski definition) is 1. The number of nitrogens with zero attached hydrogens (tertiary/aromatic N) is 1. The molecule has 0 unspecified atom stereocenters. The predicted molar refractivity (Wildman–Crippen MR) is 83.7 cm³/mol. The molecule has 6 nitrogen and oxygen atoms in total. The summed E-state index contributed by atoms with van der Waals surface area (Å²) in [5, 5.41) is 7.73. The smallest absolute Gasteiger partial charge is 0.231 e. The molecule has 0 fully saturated rings. The number of benzene rings is 1. The topological polar surface area (TPSA) is 75.3 Å². The van der Waals surface area contributed by atoms with Crippen molar-refractivity contribution < 1.29 is 19.0 Å². The van der Waals surface area contributed by atoms with Gasteiger partial charge in [0.1, 0.15) is 12.4 Å². The van der Waals surface area contributed by atoms with Crippen LogP contribution in [-0.2, 0) is 4.84 Å². The largest absolute Gasteiger partial charge is 0.493 e.